The van der Waals surface area contributed by atoms with Gasteiger partial charge in [0.2, 0.25) is 5.91 Å². The van der Waals surface area contributed by atoms with Crippen LogP contribution < -0.4 is 5.32 Å². The third kappa shape index (κ3) is 2.63. The van der Waals surface area contributed by atoms with E-state index in [1.807, 2.05) is 19.9 Å². The molecule has 1 N–H and O–H groups in total. The number of carbonyl (C=O) groups is 1. The van der Waals surface area contributed by atoms with Gasteiger partial charge in [-0.25, -0.2) is 0 Å². The van der Waals surface area contributed by atoms with E-state index in [1.165, 1.54) is 24.0 Å². The molecule has 2 nitrogen and oxygen atoms in total. The Kier molecular flexibility index (Phi) is 3.28. The van der Waals surface area contributed by atoms with E-state index in [-0.39, 0.29) is 11.8 Å². The lowest BCUT2D eigenvalue weighted by molar-refractivity contribution is -0.124. The van der Waals surface area contributed by atoms with Crippen LogP contribution in [0, 0.1) is 5.92 Å². The standard InChI is InChI=1S/C14H19NO/c1-10(2)14(16)15-9-12-5-3-4-6-13(12)11-7-8-11/h3-6,10-11H,7-9H2,1-2H3,(H,15,16). The molecule has 2 rings (SSSR count). The van der Waals surface area contributed by atoms with Crippen LogP contribution in [0.1, 0.15) is 43.7 Å². The van der Waals surface area contributed by atoms with Gasteiger partial charge in [0.25, 0.3) is 0 Å². The topological polar surface area (TPSA) is 29.1 Å². The second kappa shape index (κ2) is 4.69. The molecule has 0 heterocycles. The predicted octanol–water partition coefficient (Wildman–Crippen LogP) is 2.84. The monoisotopic (exact) mass is 217 g/mol. The maximum Gasteiger partial charge on any atom is 0.222 e. The first-order chi connectivity index (χ1) is 7.68. The summed E-state index contributed by atoms with van der Waals surface area (Å²) in [5, 5.41) is 2.98. The van der Waals surface area contributed by atoms with E-state index < -0.39 is 0 Å². The summed E-state index contributed by atoms with van der Waals surface area (Å²) in [5.74, 6) is 0.936. The summed E-state index contributed by atoms with van der Waals surface area (Å²) < 4.78 is 0. The second-order valence-electron chi connectivity index (χ2n) is 4.85. The van der Waals surface area contributed by atoms with Crippen molar-refractivity contribution in [2.45, 2.75) is 39.2 Å². The van der Waals surface area contributed by atoms with Gasteiger partial charge in [-0.3, -0.25) is 4.79 Å². The molecule has 16 heavy (non-hydrogen) atoms. The molecule has 1 aliphatic rings. The van der Waals surface area contributed by atoms with Crippen LogP contribution in [0.3, 0.4) is 0 Å². The van der Waals surface area contributed by atoms with Crippen molar-refractivity contribution in [3.05, 3.63) is 35.4 Å². The highest BCUT2D eigenvalue weighted by molar-refractivity contribution is 5.77. The molecular formula is C14H19NO. The summed E-state index contributed by atoms with van der Waals surface area (Å²) in [6.07, 6.45) is 2.60. The molecule has 1 aliphatic carbocycles. The molecule has 0 unspecified atom stereocenters. The van der Waals surface area contributed by atoms with Gasteiger partial charge in [0.05, 0.1) is 0 Å². The zero-order valence-corrected chi connectivity index (χ0v) is 9.99. The van der Waals surface area contributed by atoms with Crippen molar-refractivity contribution in [3.63, 3.8) is 0 Å². The number of hydrogen-bond donors (Lipinski definition) is 1. The molecule has 1 fully saturated rings. The summed E-state index contributed by atoms with van der Waals surface area (Å²) >= 11 is 0. The molecule has 0 radical (unpaired) electrons. The molecule has 0 aromatic heterocycles. The Balaban J connectivity index is 2.01. The Labute approximate surface area is 97.1 Å². The molecule has 0 bridgehead atoms. The SMILES string of the molecule is CC(C)C(=O)NCc1ccccc1C1CC1. The Morgan fingerprint density at radius 1 is 1.38 bits per heavy atom. The minimum atomic E-state index is 0.0630. The molecular weight excluding hydrogens is 198 g/mol. The zero-order chi connectivity index (χ0) is 11.5. The summed E-state index contributed by atoms with van der Waals surface area (Å²) in [4.78, 5) is 11.5. The molecule has 1 amide bonds. The van der Waals surface area contributed by atoms with Crippen LogP contribution in [0.15, 0.2) is 24.3 Å². The number of nitrogens with one attached hydrogen (secondary N) is 1. The minimum Gasteiger partial charge on any atom is -0.352 e. The third-order valence-electron chi connectivity index (χ3n) is 3.05. The molecule has 0 spiro atoms. The van der Waals surface area contributed by atoms with Gasteiger partial charge < -0.3 is 5.32 Å². The average molecular weight is 217 g/mol. The molecule has 1 aromatic carbocycles. The first-order valence-electron chi connectivity index (χ1n) is 6.04. The quantitative estimate of drug-likeness (QED) is 0.825. The summed E-state index contributed by atoms with van der Waals surface area (Å²) in [7, 11) is 0. The van der Waals surface area contributed by atoms with Crippen molar-refractivity contribution in [1.82, 2.24) is 5.32 Å². The Morgan fingerprint density at radius 2 is 2.06 bits per heavy atom. The highest BCUT2D eigenvalue weighted by Gasteiger charge is 2.25. The minimum absolute atomic E-state index is 0.0630. The fourth-order valence-corrected chi connectivity index (χ4v) is 1.87. The van der Waals surface area contributed by atoms with Crippen molar-refractivity contribution >= 4 is 5.91 Å². The molecule has 1 aromatic rings. The third-order valence-corrected chi connectivity index (χ3v) is 3.05. The number of hydrogen-bond acceptors (Lipinski definition) is 1. The van der Waals surface area contributed by atoms with Gasteiger partial charge in [0.1, 0.15) is 0 Å². The van der Waals surface area contributed by atoms with E-state index in [4.69, 9.17) is 0 Å². The van der Waals surface area contributed by atoms with Crippen molar-refractivity contribution in [1.29, 1.82) is 0 Å². The van der Waals surface area contributed by atoms with E-state index in [0.717, 1.165) is 5.92 Å². The Morgan fingerprint density at radius 3 is 2.69 bits per heavy atom. The van der Waals surface area contributed by atoms with Crippen LogP contribution in [-0.4, -0.2) is 5.91 Å². The van der Waals surface area contributed by atoms with Crippen molar-refractivity contribution in [2.75, 3.05) is 0 Å². The lowest BCUT2D eigenvalue weighted by Crippen LogP contribution is -2.27. The van der Waals surface area contributed by atoms with Gasteiger partial charge in [0.15, 0.2) is 0 Å². The van der Waals surface area contributed by atoms with Gasteiger partial charge >= 0.3 is 0 Å². The Hall–Kier alpha value is -1.31. The van der Waals surface area contributed by atoms with Gasteiger partial charge in [-0.2, -0.15) is 0 Å². The number of benzene rings is 1. The van der Waals surface area contributed by atoms with E-state index in [2.05, 4.69) is 23.5 Å². The summed E-state index contributed by atoms with van der Waals surface area (Å²) in [6, 6.07) is 8.44. The van der Waals surface area contributed by atoms with Crippen molar-refractivity contribution < 1.29 is 4.79 Å². The van der Waals surface area contributed by atoms with Crippen LogP contribution in [0.4, 0.5) is 0 Å². The van der Waals surface area contributed by atoms with Crippen LogP contribution in [0.25, 0.3) is 0 Å². The lowest BCUT2D eigenvalue weighted by atomic mass is 10.0. The van der Waals surface area contributed by atoms with E-state index >= 15 is 0 Å². The van der Waals surface area contributed by atoms with E-state index in [9.17, 15) is 4.79 Å². The maximum absolute atomic E-state index is 11.5. The molecule has 2 heteroatoms. The van der Waals surface area contributed by atoms with Crippen molar-refractivity contribution in [3.8, 4) is 0 Å². The first kappa shape index (κ1) is 11.2. The zero-order valence-electron chi connectivity index (χ0n) is 9.99. The lowest BCUT2D eigenvalue weighted by Gasteiger charge is -2.11. The molecule has 0 atom stereocenters. The Bertz CT molecular complexity index is 380. The first-order valence-corrected chi connectivity index (χ1v) is 6.04. The van der Waals surface area contributed by atoms with Crippen LogP contribution in [-0.2, 0) is 11.3 Å². The molecule has 0 aliphatic heterocycles. The van der Waals surface area contributed by atoms with Crippen LogP contribution >= 0.6 is 0 Å². The van der Waals surface area contributed by atoms with Gasteiger partial charge in [-0.05, 0) is 29.9 Å². The summed E-state index contributed by atoms with van der Waals surface area (Å²) in [5.41, 5.74) is 2.70. The van der Waals surface area contributed by atoms with Crippen LogP contribution in [0.2, 0.25) is 0 Å². The highest BCUT2D eigenvalue weighted by atomic mass is 16.1. The average Bonchev–Trinajstić information content (AvgIpc) is 3.10. The largest absolute Gasteiger partial charge is 0.352 e. The molecule has 1 saturated carbocycles. The predicted molar refractivity (Wildman–Crippen MR) is 65.1 cm³/mol. The molecule has 0 saturated heterocycles. The van der Waals surface area contributed by atoms with Gasteiger partial charge in [-0.15, -0.1) is 0 Å². The fraction of sp³-hybridized carbons (Fsp3) is 0.500. The van der Waals surface area contributed by atoms with E-state index in [1.54, 1.807) is 0 Å². The van der Waals surface area contributed by atoms with Gasteiger partial charge in [-0.1, -0.05) is 38.1 Å². The van der Waals surface area contributed by atoms with Crippen LogP contribution in [0.5, 0.6) is 0 Å². The summed E-state index contributed by atoms with van der Waals surface area (Å²) in [6.45, 7) is 4.51. The second-order valence-corrected chi connectivity index (χ2v) is 4.85. The van der Waals surface area contributed by atoms with Gasteiger partial charge in [0, 0.05) is 12.5 Å². The van der Waals surface area contributed by atoms with Crippen molar-refractivity contribution in [2.24, 2.45) is 5.92 Å². The highest BCUT2D eigenvalue weighted by Crippen LogP contribution is 2.41. The number of carbonyl (C=O) groups excluding carboxylic acids is 1. The smallest absolute Gasteiger partial charge is 0.222 e. The molecule has 86 valence electrons. The number of rotatable bonds is 4. The number of amides is 1. The maximum atomic E-state index is 11.5. The van der Waals surface area contributed by atoms with E-state index in [0.29, 0.717) is 6.54 Å². The fourth-order valence-electron chi connectivity index (χ4n) is 1.87. The normalized spacial score (nSPS) is 15.2.